The van der Waals surface area contributed by atoms with Gasteiger partial charge in [-0.15, -0.1) is 11.8 Å². The van der Waals surface area contributed by atoms with E-state index in [4.69, 9.17) is 16.3 Å². The van der Waals surface area contributed by atoms with Crippen molar-refractivity contribution in [1.82, 2.24) is 4.90 Å². The van der Waals surface area contributed by atoms with Gasteiger partial charge in [-0.05, 0) is 63.3 Å². The summed E-state index contributed by atoms with van der Waals surface area (Å²) in [6.07, 6.45) is 3.28. The van der Waals surface area contributed by atoms with Gasteiger partial charge in [0.25, 0.3) is 0 Å². The third-order valence-corrected chi connectivity index (χ3v) is 4.80. The van der Waals surface area contributed by atoms with Crippen molar-refractivity contribution in [2.24, 2.45) is 0 Å². The molecule has 1 fully saturated rings. The Morgan fingerprint density at radius 3 is 2.45 bits per heavy atom. The maximum Gasteiger partial charge on any atom is 0.0678 e. The number of nitrogens with zero attached hydrogens (tertiary/aromatic N) is 1. The predicted molar refractivity (Wildman–Crippen MR) is 87.9 cm³/mol. The zero-order valence-corrected chi connectivity index (χ0v) is 13.9. The first-order chi connectivity index (χ1) is 9.63. The van der Waals surface area contributed by atoms with E-state index >= 15 is 0 Å². The van der Waals surface area contributed by atoms with Crippen LogP contribution >= 0.6 is 23.4 Å². The molecule has 0 saturated carbocycles. The van der Waals surface area contributed by atoms with Crippen LogP contribution in [0.25, 0.3) is 0 Å². The average Bonchev–Trinajstić information content (AvgIpc) is 2.39. The largest absolute Gasteiger partial charge is 0.373 e. The van der Waals surface area contributed by atoms with Crippen molar-refractivity contribution < 1.29 is 4.74 Å². The summed E-state index contributed by atoms with van der Waals surface area (Å²) in [6, 6.07) is 8.11. The highest BCUT2D eigenvalue weighted by atomic mass is 35.5. The maximum absolute atomic E-state index is 5.88. The van der Waals surface area contributed by atoms with Crippen molar-refractivity contribution in [3.8, 4) is 0 Å². The van der Waals surface area contributed by atoms with Gasteiger partial charge in [0.15, 0.2) is 0 Å². The molecule has 2 nitrogen and oxygen atoms in total. The second-order valence-corrected chi connectivity index (χ2v) is 7.13. The van der Waals surface area contributed by atoms with Crippen molar-refractivity contribution in [3.05, 3.63) is 29.3 Å². The molecule has 0 amide bonds. The van der Waals surface area contributed by atoms with Crippen molar-refractivity contribution in [2.45, 2.75) is 43.8 Å². The van der Waals surface area contributed by atoms with Crippen molar-refractivity contribution in [3.63, 3.8) is 0 Å². The van der Waals surface area contributed by atoms with Gasteiger partial charge in [0.05, 0.1) is 12.2 Å². The SMILES string of the molecule is C[C@H]1CN(CCCCSc2ccc(Cl)cc2)C[C@H](C)O1. The zero-order valence-electron chi connectivity index (χ0n) is 12.3. The van der Waals surface area contributed by atoms with Crippen LogP contribution in [0.3, 0.4) is 0 Å². The molecule has 4 heteroatoms. The molecule has 0 aromatic heterocycles. The fourth-order valence-electron chi connectivity index (χ4n) is 2.63. The third kappa shape index (κ3) is 5.65. The molecule has 0 N–H and O–H groups in total. The number of benzene rings is 1. The first-order valence-electron chi connectivity index (χ1n) is 7.39. The summed E-state index contributed by atoms with van der Waals surface area (Å²) in [6.45, 7) is 7.68. The maximum atomic E-state index is 5.88. The van der Waals surface area contributed by atoms with Crippen LogP contribution in [-0.2, 0) is 4.74 Å². The molecule has 1 aromatic rings. The zero-order chi connectivity index (χ0) is 14.4. The molecule has 1 heterocycles. The second-order valence-electron chi connectivity index (χ2n) is 5.53. The Morgan fingerprint density at radius 2 is 1.80 bits per heavy atom. The molecule has 0 bridgehead atoms. The molecule has 0 radical (unpaired) electrons. The number of rotatable bonds is 6. The van der Waals surface area contributed by atoms with E-state index in [1.807, 2.05) is 23.9 Å². The summed E-state index contributed by atoms with van der Waals surface area (Å²) < 4.78 is 5.75. The predicted octanol–water partition coefficient (Wildman–Crippen LogP) is 4.32. The molecule has 0 spiro atoms. The van der Waals surface area contributed by atoms with Crippen LogP contribution in [0.1, 0.15) is 26.7 Å². The summed E-state index contributed by atoms with van der Waals surface area (Å²) in [7, 11) is 0. The Labute approximate surface area is 131 Å². The highest BCUT2D eigenvalue weighted by Gasteiger charge is 2.21. The van der Waals surface area contributed by atoms with Crippen LogP contribution in [0.5, 0.6) is 0 Å². The Hall–Kier alpha value is -0.220. The van der Waals surface area contributed by atoms with E-state index < -0.39 is 0 Å². The van der Waals surface area contributed by atoms with Crippen LogP contribution in [0.2, 0.25) is 5.02 Å². The molecule has 2 atom stereocenters. The number of hydrogen-bond donors (Lipinski definition) is 0. The fourth-order valence-corrected chi connectivity index (χ4v) is 3.66. The third-order valence-electron chi connectivity index (χ3n) is 3.45. The van der Waals surface area contributed by atoms with Crippen LogP contribution in [0.15, 0.2) is 29.2 Å². The molecule has 1 aromatic carbocycles. The summed E-state index contributed by atoms with van der Waals surface area (Å²) >= 11 is 7.79. The number of morpholine rings is 1. The highest BCUT2D eigenvalue weighted by Crippen LogP contribution is 2.21. The number of halogens is 1. The van der Waals surface area contributed by atoms with Gasteiger partial charge in [-0.25, -0.2) is 0 Å². The second kappa shape index (κ2) is 8.28. The van der Waals surface area contributed by atoms with Gasteiger partial charge in [-0.2, -0.15) is 0 Å². The molecule has 20 heavy (non-hydrogen) atoms. The highest BCUT2D eigenvalue weighted by molar-refractivity contribution is 7.99. The standard InChI is InChI=1S/C16H24ClNOS/c1-13-11-18(12-14(2)19-13)9-3-4-10-20-16-7-5-15(17)6-8-16/h5-8,13-14H,3-4,9-12H2,1-2H3/t13-,14-/m0/s1. The van der Waals surface area contributed by atoms with E-state index in [0.717, 1.165) is 18.1 Å². The Morgan fingerprint density at radius 1 is 1.15 bits per heavy atom. The number of unbranched alkanes of at least 4 members (excludes halogenated alkanes) is 1. The lowest BCUT2D eigenvalue weighted by molar-refractivity contribution is -0.0680. The van der Waals surface area contributed by atoms with Gasteiger partial charge < -0.3 is 4.74 Å². The fraction of sp³-hybridized carbons (Fsp3) is 0.625. The van der Waals surface area contributed by atoms with E-state index in [9.17, 15) is 0 Å². The Bertz CT molecular complexity index is 388. The smallest absolute Gasteiger partial charge is 0.0678 e. The summed E-state index contributed by atoms with van der Waals surface area (Å²) in [5.41, 5.74) is 0. The Balaban J connectivity index is 1.58. The monoisotopic (exact) mass is 313 g/mol. The van der Waals surface area contributed by atoms with Gasteiger partial charge in [0.1, 0.15) is 0 Å². The molecule has 112 valence electrons. The number of hydrogen-bond acceptors (Lipinski definition) is 3. The van der Waals surface area contributed by atoms with Crippen molar-refractivity contribution in [2.75, 3.05) is 25.4 Å². The lowest BCUT2D eigenvalue weighted by atomic mass is 10.2. The van der Waals surface area contributed by atoms with Crippen molar-refractivity contribution >= 4 is 23.4 Å². The van der Waals surface area contributed by atoms with Gasteiger partial charge in [-0.1, -0.05) is 11.6 Å². The summed E-state index contributed by atoms with van der Waals surface area (Å²) in [5, 5.41) is 0.810. The topological polar surface area (TPSA) is 12.5 Å². The minimum Gasteiger partial charge on any atom is -0.373 e. The molecule has 0 aliphatic carbocycles. The quantitative estimate of drug-likeness (QED) is 0.573. The Kier molecular flexibility index (Phi) is 6.69. The van der Waals surface area contributed by atoms with E-state index in [-0.39, 0.29) is 0 Å². The van der Waals surface area contributed by atoms with Crippen LogP contribution < -0.4 is 0 Å². The van der Waals surface area contributed by atoms with Gasteiger partial charge in [0.2, 0.25) is 0 Å². The first-order valence-corrected chi connectivity index (χ1v) is 8.76. The summed E-state index contributed by atoms with van der Waals surface area (Å²) in [4.78, 5) is 3.84. The average molecular weight is 314 g/mol. The van der Waals surface area contributed by atoms with E-state index in [2.05, 4.69) is 30.9 Å². The molecular formula is C16H24ClNOS. The molecule has 2 rings (SSSR count). The van der Waals surface area contributed by atoms with Crippen LogP contribution in [0.4, 0.5) is 0 Å². The molecule has 0 unspecified atom stereocenters. The normalized spacial score (nSPS) is 23.9. The lowest BCUT2D eigenvalue weighted by Gasteiger charge is -2.35. The first kappa shape index (κ1) is 16.2. The molecule has 1 aliphatic heterocycles. The van der Waals surface area contributed by atoms with Crippen LogP contribution in [-0.4, -0.2) is 42.5 Å². The molecule has 1 saturated heterocycles. The van der Waals surface area contributed by atoms with Gasteiger partial charge >= 0.3 is 0 Å². The van der Waals surface area contributed by atoms with E-state index in [0.29, 0.717) is 12.2 Å². The van der Waals surface area contributed by atoms with Gasteiger partial charge in [-0.3, -0.25) is 4.90 Å². The van der Waals surface area contributed by atoms with E-state index in [1.165, 1.54) is 30.0 Å². The molecular weight excluding hydrogens is 290 g/mol. The van der Waals surface area contributed by atoms with E-state index in [1.54, 1.807) is 0 Å². The molecule has 1 aliphatic rings. The van der Waals surface area contributed by atoms with Crippen molar-refractivity contribution in [1.29, 1.82) is 0 Å². The minimum absolute atomic E-state index is 0.377. The van der Waals surface area contributed by atoms with Gasteiger partial charge in [0, 0.05) is 23.0 Å². The lowest BCUT2D eigenvalue weighted by Crippen LogP contribution is -2.45. The minimum atomic E-state index is 0.377. The number of thioether (sulfide) groups is 1. The van der Waals surface area contributed by atoms with Crippen LogP contribution in [0, 0.1) is 0 Å². The summed E-state index contributed by atoms with van der Waals surface area (Å²) in [5.74, 6) is 1.18. The number of ether oxygens (including phenoxy) is 1.